The highest BCUT2D eigenvalue weighted by atomic mass is 16.5. The van der Waals surface area contributed by atoms with Crippen molar-refractivity contribution in [3.8, 4) is 0 Å². The van der Waals surface area contributed by atoms with Crippen LogP contribution in [-0.4, -0.2) is 36.9 Å². The molecule has 1 rings (SSSR count). The summed E-state index contributed by atoms with van der Waals surface area (Å²) in [4.78, 5) is 23.7. The Kier molecular flexibility index (Phi) is 2.47. The SMILES string of the molecule is COC(=O)C1CC(=O)C=CN1C. The highest BCUT2D eigenvalue weighted by molar-refractivity contribution is 5.95. The number of esters is 1. The molecule has 1 aliphatic rings. The van der Waals surface area contributed by atoms with Crippen LogP contribution < -0.4 is 0 Å². The summed E-state index contributed by atoms with van der Waals surface area (Å²) in [5.41, 5.74) is 0. The smallest absolute Gasteiger partial charge is 0.328 e. The molecule has 1 aliphatic heterocycles. The Morgan fingerprint density at radius 1 is 1.75 bits per heavy atom. The van der Waals surface area contributed by atoms with Gasteiger partial charge in [-0.25, -0.2) is 4.79 Å². The van der Waals surface area contributed by atoms with Gasteiger partial charge in [0.1, 0.15) is 6.04 Å². The molecule has 0 aromatic heterocycles. The van der Waals surface area contributed by atoms with E-state index in [9.17, 15) is 9.59 Å². The number of methoxy groups -OCH3 is 1. The third-order valence-corrected chi connectivity index (χ3v) is 1.85. The van der Waals surface area contributed by atoms with Gasteiger partial charge in [-0.15, -0.1) is 0 Å². The molecule has 4 heteroatoms. The van der Waals surface area contributed by atoms with Crippen LogP contribution >= 0.6 is 0 Å². The third-order valence-electron chi connectivity index (χ3n) is 1.85. The molecule has 4 nitrogen and oxygen atoms in total. The van der Waals surface area contributed by atoms with Crippen LogP contribution in [0.15, 0.2) is 12.3 Å². The zero-order valence-electron chi connectivity index (χ0n) is 7.11. The van der Waals surface area contributed by atoms with E-state index < -0.39 is 6.04 Å². The predicted octanol–water partition coefficient (Wildman–Crippen LogP) is -0.0537. The van der Waals surface area contributed by atoms with Crippen LogP contribution in [-0.2, 0) is 14.3 Å². The van der Waals surface area contributed by atoms with Gasteiger partial charge in [-0.2, -0.15) is 0 Å². The lowest BCUT2D eigenvalue weighted by Gasteiger charge is -2.26. The van der Waals surface area contributed by atoms with Crippen molar-refractivity contribution >= 4 is 11.8 Å². The van der Waals surface area contributed by atoms with E-state index in [-0.39, 0.29) is 18.2 Å². The first-order chi connectivity index (χ1) is 5.65. The average Bonchev–Trinajstić information content (AvgIpc) is 2.08. The van der Waals surface area contributed by atoms with Gasteiger partial charge in [0, 0.05) is 19.7 Å². The molecule has 1 heterocycles. The number of hydrogen-bond acceptors (Lipinski definition) is 4. The molecule has 0 N–H and O–H groups in total. The molecule has 0 saturated heterocycles. The topological polar surface area (TPSA) is 46.6 Å². The highest BCUT2D eigenvalue weighted by Crippen LogP contribution is 2.10. The van der Waals surface area contributed by atoms with Gasteiger partial charge < -0.3 is 9.64 Å². The van der Waals surface area contributed by atoms with Gasteiger partial charge in [-0.05, 0) is 6.08 Å². The second-order valence-corrected chi connectivity index (χ2v) is 2.69. The average molecular weight is 169 g/mol. The Morgan fingerprint density at radius 2 is 2.42 bits per heavy atom. The standard InChI is InChI=1S/C8H11NO3/c1-9-4-3-6(10)5-7(9)8(11)12-2/h3-4,7H,5H2,1-2H3. The molecule has 0 radical (unpaired) electrons. The van der Waals surface area contributed by atoms with Crippen molar-refractivity contribution in [1.29, 1.82) is 0 Å². The third kappa shape index (κ3) is 1.64. The fraction of sp³-hybridized carbons (Fsp3) is 0.500. The van der Waals surface area contributed by atoms with Gasteiger partial charge in [0.15, 0.2) is 5.78 Å². The van der Waals surface area contributed by atoms with Crippen LogP contribution in [0.3, 0.4) is 0 Å². The van der Waals surface area contributed by atoms with E-state index in [1.807, 2.05) is 0 Å². The lowest BCUT2D eigenvalue weighted by molar-refractivity contribution is -0.147. The lowest BCUT2D eigenvalue weighted by atomic mass is 10.1. The van der Waals surface area contributed by atoms with Gasteiger partial charge in [0.2, 0.25) is 0 Å². The minimum absolute atomic E-state index is 0.0384. The Balaban J connectivity index is 2.72. The Bertz CT molecular complexity index is 234. The summed E-state index contributed by atoms with van der Waals surface area (Å²) in [5.74, 6) is -0.404. The molecule has 0 fully saturated rings. The van der Waals surface area contributed by atoms with Gasteiger partial charge in [-0.1, -0.05) is 0 Å². The second-order valence-electron chi connectivity index (χ2n) is 2.69. The molecular weight excluding hydrogens is 158 g/mol. The Hall–Kier alpha value is -1.32. The van der Waals surface area contributed by atoms with E-state index in [0.29, 0.717) is 0 Å². The van der Waals surface area contributed by atoms with E-state index in [4.69, 9.17) is 0 Å². The van der Waals surface area contributed by atoms with Crippen LogP contribution in [0.1, 0.15) is 6.42 Å². The number of hydrogen-bond donors (Lipinski definition) is 0. The summed E-state index contributed by atoms with van der Waals surface area (Å²) in [7, 11) is 3.06. The fourth-order valence-corrected chi connectivity index (χ4v) is 1.09. The largest absolute Gasteiger partial charge is 0.467 e. The number of rotatable bonds is 1. The molecule has 66 valence electrons. The fourth-order valence-electron chi connectivity index (χ4n) is 1.09. The lowest BCUT2D eigenvalue weighted by Crippen LogP contribution is -2.39. The van der Waals surface area contributed by atoms with E-state index in [0.717, 1.165) is 0 Å². The minimum Gasteiger partial charge on any atom is -0.467 e. The summed E-state index contributed by atoms with van der Waals surface area (Å²) in [6.45, 7) is 0. The number of ether oxygens (including phenoxy) is 1. The van der Waals surface area contributed by atoms with Crippen molar-refractivity contribution in [2.45, 2.75) is 12.5 Å². The van der Waals surface area contributed by atoms with Crippen LogP contribution in [0.25, 0.3) is 0 Å². The number of nitrogens with zero attached hydrogens (tertiary/aromatic N) is 1. The summed E-state index contributed by atoms with van der Waals surface area (Å²) in [5, 5.41) is 0. The zero-order valence-corrected chi connectivity index (χ0v) is 7.11. The van der Waals surface area contributed by atoms with Crippen molar-refractivity contribution < 1.29 is 14.3 Å². The first kappa shape index (κ1) is 8.77. The van der Waals surface area contributed by atoms with E-state index in [2.05, 4.69) is 4.74 Å². The van der Waals surface area contributed by atoms with Gasteiger partial charge in [-0.3, -0.25) is 4.79 Å². The maximum absolute atomic E-state index is 11.1. The summed E-state index contributed by atoms with van der Waals surface area (Å²) in [6.07, 6.45) is 3.26. The molecule has 0 aliphatic carbocycles. The van der Waals surface area contributed by atoms with Gasteiger partial charge >= 0.3 is 5.97 Å². The monoisotopic (exact) mass is 169 g/mol. The molecule has 0 bridgehead atoms. The summed E-state index contributed by atoms with van der Waals surface area (Å²) in [6, 6.07) is -0.451. The predicted molar refractivity (Wildman–Crippen MR) is 42.3 cm³/mol. The van der Waals surface area contributed by atoms with Crippen molar-refractivity contribution in [1.82, 2.24) is 4.90 Å². The van der Waals surface area contributed by atoms with Crippen molar-refractivity contribution in [3.05, 3.63) is 12.3 Å². The molecular formula is C8H11NO3. The van der Waals surface area contributed by atoms with Crippen LogP contribution in [0.2, 0.25) is 0 Å². The molecule has 1 atom stereocenters. The van der Waals surface area contributed by atoms with E-state index in [1.165, 1.54) is 13.2 Å². The number of allylic oxidation sites excluding steroid dienone is 1. The van der Waals surface area contributed by atoms with Crippen LogP contribution in [0.4, 0.5) is 0 Å². The molecule has 0 spiro atoms. The molecule has 0 saturated carbocycles. The van der Waals surface area contributed by atoms with Gasteiger partial charge in [0.05, 0.1) is 7.11 Å². The van der Waals surface area contributed by atoms with Gasteiger partial charge in [0.25, 0.3) is 0 Å². The number of ketones is 1. The Labute approximate surface area is 70.8 Å². The quantitative estimate of drug-likeness (QED) is 0.516. The maximum Gasteiger partial charge on any atom is 0.328 e. The first-order valence-corrected chi connectivity index (χ1v) is 3.66. The minimum atomic E-state index is -0.451. The number of likely N-dealkylation sites (N-methyl/N-ethyl adjacent to an activating group) is 1. The van der Waals surface area contributed by atoms with E-state index in [1.54, 1.807) is 18.1 Å². The highest BCUT2D eigenvalue weighted by Gasteiger charge is 2.27. The normalized spacial score (nSPS) is 22.7. The van der Waals surface area contributed by atoms with Crippen molar-refractivity contribution in [2.75, 3.05) is 14.2 Å². The molecule has 0 aromatic carbocycles. The zero-order chi connectivity index (χ0) is 9.14. The molecule has 0 amide bonds. The summed E-state index contributed by atoms with van der Waals surface area (Å²) < 4.78 is 4.54. The van der Waals surface area contributed by atoms with Crippen LogP contribution in [0.5, 0.6) is 0 Å². The van der Waals surface area contributed by atoms with E-state index >= 15 is 0 Å². The molecule has 0 aromatic rings. The first-order valence-electron chi connectivity index (χ1n) is 3.66. The molecule has 1 unspecified atom stereocenters. The second kappa shape index (κ2) is 3.38. The maximum atomic E-state index is 11.1. The molecule has 12 heavy (non-hydrogen) atoms. The van der Waals surface area contributed by atoms with Crippen molar-refractivity contribution in [3.63, 3.8) is 0 Å². The van der Waals surface area contributed by atoms with Crippen LogP contribution in [0, 0.1) is 0 Å². The number of carbonyl (C=O) groups excluding carboxylic acids is 2. The summed E-state index contributed by atoms with van der Waals surface area (Å²) >= 11 is 0. The number of carbonyl (C=O) groups is 2. The van der Waals surface area contributed by atoms with Crippen molar-refractivity contribution in [2.24, 2.45) is 0 Å². The Morgan fingerprint density at radius 3 is 3.00 bits per heavy atom.